The monoisotopic (exact) mass is 268 g/mol. The molecule has 3 aliphatic rings. The maximum atomic E-state index is 3.87. The molecule has 104 valence electrons. The molecule has 1 N–H and O–H groups in total. The van der Waals surface area contributed by atoms with Crippen molar-refractivity contribution in [3.05, 3.63) is 0 Å². The third-order valence-electron chi connectivity index (χ3n) is 5.65. The molecule has 0 amide bonds. The fourth-order valence-corrected chi connectivity index (χ4v) is 5.05. The molecule has 2 aliphatic carbocycles. The minimum atomic E-state index is 0.482. The summed E-state index contributed by atoms with van der Waals surface area (Å²) in [6.07, 6.45) is 12.3. The third-order valence-corrected chi connectivity index (χ3v) is 7.05. The first kappa shape index (κ1) is 13.3. The van der Waals surface area contributed by atoms with Crippen molar-refractivity contribution in [3.63, 3.8) is 0 Å². The normalized spacial score (nSPS) is 34.7. The Labute approximate surface area is 116 Å². The molecule has 2 nitrogen and oxygen atoms in total. The van der Waals surface area contributed by atoms with Crippen molar-refractivity contribution in [2.24, 2.45) is 0 Å². The molecular weight excluding hydrogens is 240 g/mol. The van der Waals surface area contributed by atoms with Gasteiger partial charge in [-0.05, 0) is 38.9 Å². The van der Waals surface area contributed by atoms with E-state index in [2.05, 4.69) is 35.2 Å². The second kappa shape index (κ2) is 4.99. The number of hydrogen-bond acceptors (Lipinski definition) is 3. The molecular formula is C15H28N2S. The van der Waals surface area contributed by atoms with E-state index in [-0.39, 0.29) is 0 Å². The minimum absolute atomic E-state index is 0.482. The molecule has 0 bridgehead atoms. The summed E-state index contributed by atoms with van der Waals surface area (Å²) < 4.78 is 0.603. The van der Waals surface area contributed by atoms with Crippen LogP contribution in [-0.2, 0) is 0 Å². The molecule has 1 saturated heterocycles. The van der Waals surface area contributed by atoms with Crippen LogP contribution in [0.4, 0.5) is 0 Å². The first-order valence-corrected chi connectivity index (χ1v) is 8.94. The van der Waals surface area contributed by atoms with E-state index in [0.717, 1.165) is 6.04 Å². The van der Waals surface area contributed by atoms with E-state index < -0.39 is 0 Å². The zero-order valence-electron chi connectivity index (χ0n) is 12.0. The smallest absolute Gasteiger partial charge is 0.0309 e. The lowest BCUT2D eigenvalue weighted by Crippen LogP contribution is -2.64. The van der Waals surface area contributed by atoms with Gasteiger partial charge in [0.05, 0.1) is 0 Å². The van der Waals surface area contributed by atoms with Gasteiger partial charge >= 0.3 is 0 Å². The van der Waals surface area contributed by atoms with E-state index in [0.29, 0.717) is 10.3 Å². The predicted molar refractivity (Wildman–Crippen MR) is 80.3 cm³/mol. The topological polar surface area (TPSA) is 15.3 Å². The van der Waals surface area contributed by atoms with Crippen molar-refractivity contribution in [1.29, 1.82) is 0 Å². The fourth-order valence-electron chi connectivity index (χ4n) is 4.06. The molecule has 1 aliphatic heterocycles. The Hall–Kier alpha value is 0.270. The summed E-state index contributed by atoms with van der Waals surface area (Å²) in [6.45, 7) is 6.24. The summed E-state index contributed by atoms with van der Waals surface area (Å²) in [4.78, 5) is 2.80. The van der Waals surface area contributed by atoms with Gasteiger partial charge in [-0.1, -0.05) is 19.3 Å². The molecule has 2 saturated carbocycles. The summed E-state index contributed by atoms with van der Waals surface area (Å²) in [7, 11) is 0. The summed E-state index contributed by atoms with van der Waals surface area (Å²) in [5.74, 6) is 0. The van der Waals surface area contributed by atoms with Gasteiger partial charge in [-0.25, -0.2) is 0 Å². The van der Waals surface area contributed by atoms with E-state index in [9.17, 15) is 0 Å². The van der Waals surface area contributed by atoms with E-state index in [1.807, 2.05) is 0 Å². The van der Waals surface area contributed by atoms with Crippen LogP contribution in [0.3, 0.4) is 0 Å². The molecule has 3 fully saturated rings. The van der Waals surface area contributed by atoms with Gasteiger partial charge in [-0.15, -0.1) is 0 Å². The molecule has 1 unspecified atom stereocenters. The second-order valence-electron chi connectivity index (χ2n) is 6.86. The summed E-state index contributed by atoms with van der Waals surface area (Å²) in [5, 5.41) is 3.87. The van der Waals surface area contributed by atoms with Crippen molar-refractivity contribution in [2.45, 2.75) is 68.2 Å². The Balaban J connectivity index is 1.66. The van der Waals surface area contributed by atoms with Crippen LogP contribution in [0.1, 0.15) is 51.9 Å². The Bertz CT molecular complexity index is 287. The van der Waals surface area contributed by atoms with Crippen LogP contribution >= 0.6 is 11.8 Å². The van der Waals surface area contributed by atoms with Gasteiger partial charge in [0.1, 0.15) is 0 Å². The van der Waals surface area contributed by atoms with Gasteiger partial charge in [-0.3, -0.25) is 4.90 Å². The molecule has 0 radical (unpaired) electrons. The highest BCUT2D eigenvalue weighted by Crippen LogP contribution is 2.44. The van der Waals surface area contributed by atoms with Crippen LogP contribution in [0.5, 0.6) is 0 Å². The number of piperazine rings is 1. The zero-order valence-corrected chi connectivity index (χ0v) is 12.8. The molecule has 0 aromatic heterocycles. The number of nitrogens with zero attached hydrogens (tertiary/aromatic N) is 1. The van der Waals surface area contributed by atoms with Gasteiger partial charge in [0.2, 0.25) is 0 Å². The SMILES string of the molecule is CSC1(CN2CC3(CCCC3)NCC2C)CCC1. The van der Waals surface area contributed by atoms with Crippen molar-refractivity contribution in [2.75, 3.05) is 25.9 Å². The summed E-state index contributed by atoms with van der Waals surface area (Å²) in [6, 6.07) is 0.723. The lowest BCUT2D eigenvalue weighted by Gasteiger charge is -2.51. The zero-order chi connectivity index (χ0) is 12.6. The Morgan fingerprint density at radius 2 is 1.89 bits per heavy atom. The van der Waals surface area contributed by atoms with Crippen molar-refractivity contribution < 1.29 is 0 Å². The van der Waals surface area contributed by atoms with E-state index in [4.69, 9.17) is 0 Å². The van der Waals surface area contributed by atoms with Crippen LogP contribution in [0.25, 0.3) is 0 Å². The van der Waals surface area contributed by atoms with Crippen molar-refractivity contribution in [3.8, 4) is 0 Å². The van der Waals surface area contributed by atoms with Crippen molar-refractivity contribution >= 4 is 11.8 Å². The molecule has 3 heteroatoms. The molecule has 1 atom stereocenters. The highest BCUT2D eigenvalue weighted by atomic mass is 32.2. The third kappa shape index (κ3) is 2.34. The van der Waals surface area contributed by atoms with Gasteiger partial charge in [0, 0.05) is 36.0 Å². The maximum Gasteiger partial charge on any atom is 0.0309 e. The highest BCUT2D eigenvalue weighted by molar-refractivity contribution is 8.00. The number of thioether (sulfide) groups is 1. The fraction of sp³-hybridized carbons (Fsp3) is 1.00. The second-order valence-corrected chi connectivity index (χ2v) is 8.14. The van der Waals surface area contributed by atoms with Crippen LogP contribution in [0, 0.1) is 0 Å². The average molecular weight is 268 g/mol. The molecule has 3 rings (SSSR count). The minimum Gasteiger partial charge on any atom is -0.308 e. The predicted octanol–water partition coefficient (Wildman–Crippen LogP) is 2.88. The molecule has 1 spiro atoms. The molecule has 18 heavy (non-hydrogen) atoms. The van der Waals surface area contributed by atoms with Gasteiger partial charge in [-0.2, -0.15) is 11.8 Å². The number of nitrogens with one attached hydrogen (secondary N) is 1. The van der Waals surface area contributed by atoms with Gasteiger partial charge < -0.3 is 5.32 Å². The first-order valence-electron chi connectivity index (χ1n) is 7.71. The number of hydrogen-bond donors (Lipinski definition) is 1. The van der Waals surface area contributed by atoms with Crippen molar-refractivity contribution in [1.82, 2.24) is 10.2 Å². The lowest BCUT2D eigenvalue weighted by molar-refractivity contribution is 0.0687. The van der Waals surface area contributed by atoms with Gasteiger partial charge in [0.15, 0.2) is 0 Å². The van der Waals surface area contributed by atoms with Crippen LogP contribution in [0.2, 0.25) is 0 Å². The van der Waals surface area contributed by atoms with Crippen LogP contribution < -0.4 is 5.32 Å². The Morgan fingerprint density at radius 3 is 2.44 bits per heavy atom. The lowest BCUT2D eigenvalue weighted by atomic mass is 9.82. The summed E-state index contributed by atoms with van der Waals surface area (Å²) in [5.41, 5.74) is 0.482. The Morgan fingerprint density at radius 1 is 1.17 bits per heavy atom. The largest absolute Gasteiger partial charge is 0.308 e. The Kier molecular flexibility index (Phi) is 3.68. The van der Waals surface area contributed by atoms with E-state index in [1.165, 1.54) is 64.6 Å². The van der Waals surface area contributed by atoms with E-state index >= 15 is 0 Å². The molecule has 1 heterocycles. The average Bonchev–Trinajstić information content (AvgIpc) is 2.77. The molecule has 0 aromatic carbocycles. The standard InChI is InChI=1S/C15H28N2S/c1-13-10-16-14(6-3-4-7-14)11-17(13)12-15(18-2)8-5-9-15/h13,16H,3-12H2,1-2H3. The quantitative estimate of drug-likeness (QED) is 0.847. The summed E-state index contributed by atoms with van der Waals surface area (Å²) >= 11 is 2.12. The van der Waals surface area contributed by atoms with Crippen LogP contribution in [-0.4, -0.2) is 47.1 Å². The van der Waals surface area contributed by atoms with E-state index in [1.54, 1.807) is 0 Å². The van der Waals surface area contributed by atoms with Gasteiger partial charge in [0.25, 0.3) is 0 Å². The maximum absolute atomic E-state index is 3.87. The first-order chi connectivity index (χ1) is 8.67. The molecule has 0 aromatic rings. The van der Waals surface area contributed by atoms with Crippen LogP contribution in [0.15, 0.2) is 0 Å². The number of rotatable bonds is 3. The highest BCUT2D eigenvalue weighted by Gasteiger charge is 2.44.